The molecule has 3 amide bonds. The van der Waals surface area contributed by atoms with Crippen LogP contribution in [0.25, 0.3) is 0 Å². The maximum atomic E-state index is 12.6. The van der Waals surface area contributed by atoms with E-state index in [2.05, 4.69) is 21.2 Å². The number of halogens is 1. The number of esters is 1. The minimum absolute atomic E-state index is 0.0243. The Hall–Kier alpha value is -2.22. The molecule has 4 atom stereocenters. The van der Waals surface area contributed by atoms with Gasteiger partial charge in [0, 0.05) is 16.7 Å². The van der Waals surface area contributed by atoms with Crippen LogP contribution in [0, 0.1) is 30.6 Å². The summed E-state index contributed by atoms with van der Waals surface area (Å²) in [6, 6.07) is 5.37. The summed E-state index contributed by atoms with van der Waals surface area (Å²) in [5.74, 6) is -1.04. The average molecular weight is 463 g/mol. The van der Waals surface area contributed by atoms with Crippen LogP contribution in [0.15, 0.2) is 22.7 Å². The highest BCUT2D eigenvalue weighted by Gasteiger charge is 2.60. The van der Waals surface area contributed by atoms with Gasteiger partial charge in [0.2, 0.25) is 11.8 Å². The van der Waals surface area contributed by atoms with Gasteiger partial charge in [-0.05, 0) is 61.8 Å². The average Bonchev–Trinajstić information content (AvgIpc) is 3.36. The van der Waals surface area contributed by atoms with Gasteiger partial charge in [-0.3, -0.25) is 24.1 Å². The molecule has 0 spiro atoms. The fourth-order valence-corrected chi connectivity index (χ4v) is 5.28. The van der Waals surface area contributed by atoms with Crippen LogP contribution in [-0.2, 0) is 23.9 Å². The summed E-state index contributed by atoms with van der Waals surface area (Å²) in [5, 5.41) is 2.66. The zero-order valence-corrected chi connectivity index (χ0v) is 17.7. The summed E-state index contributed by atoms with van der Waals surface area (Å²) in [6.45, 7) is 1.52. The van der Waals surface area contributed by atoms with Crippen LogP contribution in [0.1, 0.15) is 31.2 Å². The van der Waals surface area contributed by atoms with Crippen molar-refractivity contribution in [2.45, 2.75) is 32.6 Å². The number of nitrogens with zero attached hydrogens (tertiary/aromatic N) is 1. The van der Waals surface area contributed by atoms with E-state index in [1.807, 2.05) is 13.0 Å². The minimum atomic E-state index is -0.604. The first kappa shape index (κ1) is 20.1. The standard InChI is InChI=1S/C21H23BrN2O5/c1-11-8-14(4-5-15(11)22)23-16(25)10-29-17(26)6-7-24-20(27)18-12-2-3-13(9-12)19(18)21(24)28/h4-5,8,12-13,18-19H,2-3,6-7,9-10H2,1H3,(H,23,25)/t12-,13-,18-,19-/m0/s1. The molecule has 1 aromatic carbocycles. The van der Waals surface area contributed by atoms with Gasteiger partial charge >= 0.3 is 5.97 Å². The van der Waals surface area contributed by atoms with Gasteiger partial charge in [-0.1, -0.05) is 15.9 Å². The lowest BCUT2D eigenvalue weighted by atomic mass is 9.81. The molecule has 1 N–H and O–H groups in total. The van der Waals surface area contributed by atoms with Crippen LogP contribution < -0.4 is 5.32 Å². The molecule has 8 heteroatoms. The van der Waals surface area contributed by atoms with Gasteiger partial charge in [-0.2, -0.15) is 0 Å². The number of imide groups is 1. The molecule has 7 nitrogen and oxygen atoms in total. The van der Waals surface area contributed by atoms with Crippen LogP contribution in [0.3, 0.4) is 0 Å². The smallest absolute Gasteiger partial charge is 0.308 e. The molecule has 1 saturated heterocycles. The summed E-state index contributed by atoms with van der Waals surface area (Å²) in [5.41, 5.74) is 1.58. The fourth-order valence-electron chi connectivity index (χ4n) is 5.03. The van der Waals surface area contributed by atoms with Crippen molar-refractivity contribution in [3.8, 4) is 0 Å². The van der Waals surface area contributed by atoms with Crippen molar-refractivity contribution < 1.29 is 23.9 Å². The maximum absolute atomic E-state index is 12.6. The zero-order valence-electron chi connectivity index (χ0n) is 16.2. The number of likely N-dealkylation sites (tertiary alicyclic amines) is 1. The summed E-state index contributed by atoms with van der Waals surface area (Å²) >= 11 is 3.39. The fraction of sp³-hybridized carbons (Fsp3) is 0.524. The Bertz CT molecular complexity index is 858. The van der Waals surface area contributed by atoms with E-state index in [9.17, 15) is 19.2 Å². The van der Waals surface area contributed by atoms with Crippen LogP contribution in [0.4, 0.5) is 5.69 Å². The number of benzene rings is 1. The monoisotopic (exact) mass is 462 g/mol. The number of anilines is 1. The van der Waals surface area contributed by atoms with Crippen LogP contribution in [0.5, 0.6) is 0 Å². The molecule has 1 aromatic rings. The highest BCUT2D eigenvalue weighted by Crippen LogP contribution is 2.56. The van der Waals surface area contributed by atoms with Gasteiger partial charge in [0.15, 0.2) is 6.61 Å². The van der Waals surface area contributed by atoms with E-state index in [4.69, 9.17) is 4.74 Å². The molecule has 0 unspecified atom stereocenters. The molecule has 2 saturated carbocycles. The molecule has 29 heavy (non-hydrogen) atoms. The van der Waals surface area contributed by atoms with Gasteiger partial charge in [-0.25, -0.2) is 0 Å². The second-order valence-electron chi connectivity index (χ2n) is 8.14. The lowest BCUT2D eigenvalue weighted by molar-refractivity contribution is -0.149. The molecule has 1 heterocycles. The predicted molar refractivity (Wildman–Crippen MR) is 108 cm³/mol. The Morgan fingerprint density at radius 3 is 2.45 bits per heavy atom. The second kappa shape index (κ2) is 7.89. The maximum Gasteiger partial charge on any atom is 0.308 e. The van der Waals surface area contributed by atoms with E-state index in [-0.39, 0.29) is 36.6 Å². The number of carbonyl (C=O) groups is 4. The van der Waals surface area contributed by atoms with Crippen molar-refractivity contribution in [2.75, 3.05) is 18.5 Å². The molecule has 3 aliphatic rings. The SMILES string of the molecule is Cc1cc(NC(=O)COC(=O)CCN2C(=O)[C@H]3[C@H]4CC[C@@H](C4)[C@@H]3C2=O)ccc1Br. The van der Waals surface area contributed by atoms with E-state index < -0.39 is 18.5 Å². The third-order valence-corrected chi connectivity index (χ3v) is 7.25. The van der Waals surface area contributed by atoms with Crippen molar-refractivity contribution in [1.82, 2.24) is 4.90 Å². The van der Waals surface area contributed by atoms with Crippen molar-refractivity contribution in [1.29, 1.82) is 0 Å². The quantitative estimate of drug-likeness (QED) is 0.518. The minimum Gasteiger partial charge on any atom is -0.456 e. The molecule has 0 radical (unpaired) electrons. The Morgan fingerprint density at radius 1 is 1.17 bits per heavy atom. The Balaban J connectivity index is 1.23. The molecule has 154 valence electrons. The second-order valence-corrected chi connectivity index (χ2v) is 8.99. The molecule has 2 bridgehead atoms. The van der Waals surface area contributed by atoms with Gasteiger partial charge < -0.3 is 10.1 Å². The number of nitrogens with one attached hydrogen (secondary N) is 1. The van der Waals surface area contributed by atoms with E-state index in [1.54, 1.807) is 12.1 Å². The van der Waals surface area contributed by atoms with Crippen molar-refractivity contribution in [2.24, 2.45) is 23.7 Å². The predicted octanol–water partition coefficient (Wildman–Crippen LogP) is 2.66. The van der Waals surface area contributed by atoms with Gasteiger partial charge in [0.05, 0.1) is 18.3 Å². The number of fused-ring (bicyclic) bond motifs is 5. The number of rotatable bonds is 6. The molecular weight excluding hydrogens is 440 g/mol. The first-order valence-electron chi connectivity index (χ1n) is 9.92. The number of aryl methyl sites for hydroxylation is 1. The van der Waals surface area contributed by atoms with Crippen LogP contribution in [-0.4, -0.2) is 41.7 Å². The Kier molecular flexibility index (Phi) is 5.46. The van der Waals surface area contributed by atoms with Gasteiger partial charge in [-0.15, -0.1) is 0 Å². The molecule has 0 aromatic heterocycles. The zero-order chi connectivity index (χ0) is 20.7. The van der Waals surface area contributed by atoms with E-state index >= 15 is 0 Å². The topological polar surface area (TPSA) is 92.8 Å². The van der Waals surface area contributed by atoms with Crippen LogP contribution in [0.2, 0.25) is 0 Å². The molecule has 2 aliphatic carbocycles. The lowest BCUT2D eigenvalue weighted by Crippen LogP contribution is -2.35. The van der Waals surface area contributed by atoms with Crippen molar-refractivity contribution in [3.05, 3.63) is 28.2 Å². The Morgan fingerprint density at radius 2 is 1.83 bits per heavy atom. The lowest BCUT2D eigenvalue weighted by Gasteiger charge is -2.19. The molecular formula is C21H23BrN2O5. The summed E-state index contributed by atoms with van der Waals surface area (Å²) in [6.07, 6.45) is 2.92. The number of hydrogen-bond acceptors (Lipinski definition) is 5. The number of amides is 3. The number of carbonyl (C=O) groups excluding carboxylic acids is 4. The first-order chi connectivity index (χ1) is 13.8. The van der Waals surface area contributed by atoms with Crippen molar-refractivity contribution >= 4 is 45.3 Å². The third-order valence-electron chi connectivity index (χ3n) is 6.36. The third kappa shape index (κ3) is 3.82. The largest absolute Gasteiger partial charge is 0.456 e. The highest BCUT2D eigenvalue weighted by molar-refractivity contribution is 9.10. The normalized spacial score (nSPS) is 27.3. The highest BCUT2D eigenvalue weighted by atomic mass is 79.9. The van der Waals surface area contributed by atoms with Gasteiger partial charge in [0.1, 0.15) is 0 Å². The number of ether oxygens (including phenoxy) is 1. The summed E-state index contributed by atoms with van der Waals surface area (Å²) < 4.78 is 5.93. The van der Waals surface area contributed by atoms with E-state index in [0.29, 0.717) is 17.5 Å². The summed E-state index contributed by atoms with van der Waals surface area (Å²) in [7, 11) is 0. The van der Waals surface area contributed by atoms with Gasteiger partial charge in [0.25, 0.3) is 5.91 Å². The van der Waals surface area contributed by atoms with Crippen molar-refractivity contribution in [3.63, 3.8) is 0 Å². The molecule has 4 rings (SSSR count). The summed E-state index contributed by atoms with van der Waals surface area (Å²) in [4.78, 5) is 50.4. The van der Waals surface area contributed by atoms with E-state index in [0.717, 1.165) is 29.3 Å². The van der Waals surface area contributed by atoms with E-state index in [1.165, 1.54) is 4.90 Å². The molecule has 1 aliphatic heterocycles. The molecule has 3 fully saturated rings. The number of hydrogen-bond donors (Lipinski definition) is 1. The van der Waals surface area contributed by atoms with Crippen LogP contribution >= 0.6 is 15.9 Å². The Labute approximate surface area is 177 Å². The first-order valence-corrected chi connectivity index (χ1v) is 10.7.